The number of hydrogen-bond donors (Lipinski definition) is 2. The number of aliphatic hydroxyl groups excluding tert-OH is 1. The Kier molecular flexibility index (Phi) is 6.45. The summed E-state index contributed by atoms with van der Waals surface area (Å²) in [7, 11) is 0. The van der Waals surface area contributed by atoms with Gasteiger partial charge in [0.1, 0.15) is 6.54 Å². The van der Waals surface area contributed by atoms with E-state index in [0.717, 1.165) is 32.5 Å². The molecule has 21 heavy (non-hydrogen) atoms. The molecule has 0 spiro atoms. The van der Waals surface area contributed by atoms with Gasteiger partial charge in [0.15, 0.2) is 0 Å². The second kappa shape index (κ2) is 8.11. The summed E-state index contributed by atoms with van der Waals surface area (Å²) in [6.45, 7) is 3.48. The van der Waals surface area contributed by atoms with Crippen molar-refractivity contribution in [3.8, 4) is 0 Å². The lowest BCUT2D eigenvalue weighted by Gasteiger charge is -2.26. The Hall–Kier alpha value is -0.650. The topological polar surface area (TPSA) is 24.7 Å². The van der Waals surface area contributed by atoms with E-state index in [1.807, 2.05) is 0 Å². The standard InChI is InChI=1S/C16H19NOS2.ClH/c18-8-7-17-5-1-13(2-6-17)16(14-3-9-19-11-14)15-4-10-20-12-15;/h3-4,9-12,18H,1-2,5-8H2;1H. The van der Waals surface area contributed by atoms with E-state index in [1.54, 1.807) is 28.2 Å². The molecule has 3 heterocycles. The van der Waals surface area contributed by atoms with Crippen molar-refractivity contribution in [2.45, 2.75) is 12.8 Å². The second-order valence-electron chi connectivity index (χ2n) is 5.23. The van der Waals surface area contributed by atoms with Crippen molar-refractivity contribution in [1.29, 1.82) is 0 Å². The van der Waals surface area contributed by atoms with E-state index in [2.05, 4.69) is 33.7 Å². The molecule has 0 atom stereocenters. The molecule has 2 aromatic rings. The Morgan fingerprint density at radius 3 is 2.05 bits per heavy atom. The lowest BCUT2D eigenvalue weighted by atomic mass is 9.91. The maximum atomic E-state index is 9.06. The largest absolute Gasteiger partial charge is 1.00 e. The van der Waals surface area contributed by atoms with E-state index >= 15 is 0 Å². The fourth-order valence-electron chi connectivity index (χ4n) is 2.95. The maximum Gasteiger partial charge on any atom is 0.101 e. The van der Waals surface area contributed by atoms with Crippen LogP contribution in [-0.4, -0.2) is 31.3 Å². The fourth-order valence-corrected chi connectivity index (χ4v) is 4.25. The maximum absolute atomic E-state index is 9.06. The van der Waals surface area contributed by atoms with E-state index in [9.17, 15) is 0 Å². The van der Waals surface area contributed by atoms with Crippen LogP contribution in [0.3, 0.4) is 0 Å². The van der Waals surface area contributed by atoms with E-state index in [4.69, 9.17) is 5.11 Å². The summed E-state index contributed by atoms with van der Waals surface area (Å²) in [6, 6.07) is 4.47. The lowest BCUT2D eigenvalue weighted by Crippen LogP contribution is -3.13. The normalized spacial score (nSPS) is 18.3. The second-order valence-corrected chi connectivity index (χ2v) is 6.79. The molecular weight excluding hydrogens is 322 g/mol. The minimum atomic E-state index is 0. The van der Waals surface area contributed by atoms with Crippen LogP contribution in [0.1, 0.15) is 24.0 Å². The molecule has 1 fully saturated rings. The zero-order chi connectivity index (χ0) is 13.8. The van der Waals surface area contributed by atoms with Crippen molar-refractivity contribution in [1.82, 2.24) is 0 Å². The van der Waals surface area contributed by atoms with Crippen molar-refractivity contribution in [3.63, 3.8) is 0 Å². The van der Waals surface area contributed by atoms with E-state index in [0.29, 0.717) is 6.61 Å². The molecule has 5 heteroatoms. The monoisotopic (exact) mass is 341 g/mol. The average Bonchev–Trinajstić information content (AvgIpc) is 3.15. The molecule has 0 amide bonds. The van der Waals surface area contributed by atoms with Gasteiger partial charge in [0.2, 0.25) is 0 Å². The molecule has 1 aliphatic heterocycles. The number of likely N-dealkylation sites (tertiary alicyclic amines) is 1. The van der Waals surface area contributed by atoms with Crippen molar-refractivity contribution >= 4 is 28.2 Å². The zero-order valence-electron chi connectivity index (χ0n) is 11.8. The number of thiophene rings is 2. The Morgan fingerprint density at radius 1 is 1.05 bits per heavy atom. The molecule has 0 aliphatic carbocycles. The SMILES string of the molecule is OCC[NH+]1CCC(=C(c2ccsc2)c2ccsc2)CC1.[Cl-]. The van der Waals surface area contributed by atoms with Crippen molar-refractivity contribution in [3.05, 3.63) is 50.4 Å². The number of hydrogen-bond acceptors (Lipinski definition) is 3. The lowest BCUT2D eigenvalue weighted by molar-refractivity contribution is -0.903. The molecule has 0 radical (unpaired) electrons. The van der Waals surface area contributed by atoms with Crippen molar-refractivity contribution in [2.75, 3.05) is 26.2 Å². The van der Waals surface area contributed by atoms with Gasteiger partial charge in [-0.3, -0.25) is 0 Å². The van der Waals surface area contributed by atoms with Crippen LogP contribution < -0.4 is 17.3 Å². The number of piperidine rings is 1. The minimum absolute atomic E-state index is 0. The van der Waals surface area contributed by atoms with Gasteiger partial charge in [-0.1, -0.05) is 5.57 Å². The molecule has 0 saturated carbocycles. The molecule has 2 aromatic heterocycles. The summed E-state index contributed by atoms with van der Waals surface area (Å²) in [5.74, 6) is 0. The van der Waals surface area contributed by atoms with E-state index < -0.39 is 0 Å². The van der Waals surface area contributed by atoms with Gasteiger partial charge in [0.05, 0.1) is 19.7 Å². The molecule has 2 N–H and O–H groups in total. The minimum Gasteiger partial charge on any atom is -1.00 e. The van der Waals surface area contributed by atoms with E-state index in [1.165, 1.54) is 21.6 Å². The van der Waals surface area contributed by atoms with Crippen LogP contribution in [-0.2, 0) is 0 Å². The van der Waals surface area contributed by atoms with Crippen molar-refractivity contribution < 1.29 is 22.4 Å². The Balaban J connectivity index is 0.00000161. The van der Waals surface area contributed by atoms with Gasteiger partial charge in [-0.25, -0.2) is 0 Å². The van der Waals surface area contributed by atoms with Crippen LogP contribution in [0.25, 0.3) is 5.57 Å². The molecule has 1 saturated heterocycles. The van der Waals surface area contributed by atoms with Gasteiger partial charge in [0, 0.05) is 12.8 Å². The number of aliphatic hydroxyl groups is 1. The first-order chi connectivity index (χ1) is 9.88. The van der Waals surface area contributed by atoms with Gasteiger partial charge in [-0.05, 0) is 50.4 Å². The van der Waals surface area contributed by atoms with Gasteiger partial charge in [0.25, 0.3) is 0 Å². The summed E-state index contributed by atoms with van der Waals surface area (Å²) in [5, 5.41) is 17.9. The third kappa shape index (κ3) is 3.96. The summed E-state index contributed by atoms with van der Waals surface area (Å²) in [4.78, 5) is 1.53. The first kappa shape index (κ1) is 16.7. The third-order valence-electron chi connectivity index (χ3n) is 4.00. The predicted molar refractivity (Wildman–Crippen MR) is 86.5 cm³/mol. The van der Waals surface area contributed by atoms with Gasteiger partial charge in [-0.15, -0.1) is 0 Å². The van der Waals surface area contributed by atoms with Crippen molar-refractivity contribution in [2.24, 2.45) is 0 Å². The first-order valence-corrected chi connectivity index (χ1v) is 8.98. The highest BCUT2D eigenvalue weighted by molar-refractivity contribution is 7.08. The highest BCUT2D eigenvalue weighted by Crippen LogP contribution is 2.32. The summed E-state index contributed by atoms with van der Waals surface area (Å²) in [5.41, 5.74) is 5.78. The average molecular weight is 342 g/mol. The smallest absolute Gasteiger partial charge is 0.101 e. The molecule has 114 valence electrons. The van der Waals surface area contributed by atoms with Gasteiger partial charge >= 0.3 is 0 Å². The quantitative estimate of drug-likeness (QED) is 0.754. The van der Waals surface area contributed by atoms with Crippen LogP contribution in [0, 0.1) is 0 Å². The highest BCUT2D eigenvalue weighted by atomic mass is 35.5. The molecule has 3 rings (SSSR count). The molecule has 2 nitrogen and oxygen atoms in total. The molecule has 1 aliphatic rings. The third-order valence-corrected chi connectivity index (χ3v) is 5.37. The zero-order valence-corrected chi connectivity index (χ0v) is 14.2. The van der Waals surface area contributed by atoms with Crippen LogP contribution >= 0.6 is 22.7 Å². The molecule has 0 bridgehead atoms. The number of halogens is 1. The van der Waals surface area contributed by atoms with Crippen LogP contribution in [0.2, 0.25) is 0 Å². The summed E-state index contributed by atoms with van der Waals surface area (Å²) >= 11 is 3.54. The Bertz CT molecular complexity index is 517. The van der Waals surface area contributed by atoms with Crippen LogP contribution in [0.4, 0.5) is 0 Å². The number of rotatable bonds is 4. The fraction of sp³-hybridized carbons (Fsp3) is 0.375. The van der Waals surface area contributed by atoms with E-state index in [-0.39, 0.29) is 12.4 Å². The van der Waals surface area contributed by atoms with Crippen LogP contribution in [0.5, 0.6) is 0 Å². The number of nitrogens with one attached hydrogen (secondary N) is 1. The van der Waals surface area contributed by atoms with Gasteiger partial charge < -0.3 is 22.4 Å². The summed E-state index contributed by atoms with van der Waals surface area (Å²) in [6.07, 6.45) is 2.30. The predicted octanol–water partition coefficient (Wildman–Crippen LogP) is -0.713. The number of quaternary nitrogens is 1. The van der Waals surface area contributed by atoms with Crippen LogP contribution in [0.15, 0.2) is 39.2 Å². The Labute approximate surface area is 140 Å². The summed E-state index contributed by atoms with van der Waals surface area (Å²) < 4.78 is 0. The Morgan fingerprint density at radius 2 is 1.62 bits per heavy atom. The molecule has 0 unspecified atom stereocenters. The first-order valence-electron chi connectivity index (χ1n) is 7.10. The van der Waals surface area contributed by atoms with Gasteiger partial charge in [-0.2, -0.15) is 22.7 Å². The molecular formula is C16H20ClNOS2. The highest BCUT2D eigenvalue weighted by Gasteiger charge is 2.21. The molecule has 0 aromatic carbocycles.